The Bertz CT molecular complexity index is 1430. The first-order chi connectivity index (χ1) is 18.7. The molecule has 5 rings (SSSR count). The second-order valence-corrected chi connectivity index (χ2v) is 10.8. The Morgan fingerprint density at radius 3 is 2.72 bits per heavy atom. The molecule has 0 unspecified atom stereocenters. The average Bonchev–Trinajstić information content (AvgIpc) is 3.23. The van der Waals surface area contributed by atoms with E-state index < -0.39 is 11.6 Å². The summed E-state index contributed by atoms with van der Waals surface area (Å²) in [5.74, 6) is 0.404. The molecule has 2 aromatic heterocycles. The summed E-state index contributed by atoms with van der Waals surface area (Å²) in [6.45, 7) is 11.0. The van der Waals surface area contributed by atoms with Crippen LogP contribution in [0.1, 0.15) is 51.9 Å². The fourth-order valence-corrected chi connectivity index (χ4v) is 5.44. The van der Waals surface area contributed by atoms with Crippen LogP contribution in [0.4, 0.5) is 14.7 Å². The van der Waals surface area contributed by atoms with Crippen LogP contribution in [0, 0.1) is 18.6 Å². The molecule has 2 N–H and O–H groups in total. The van der Waals surface area contributed by atoms with Crippen LogP contribution in [0.3, 0.4) is 0 Å². The standard InChI is InChI=1S/C28H35F2N7O2/c1-17(2)37-18(3)33-26-21(29)11-20(12-23(26)37)25-22(30)14-32-27(35-25)34-24-6-5-19(13-31-24)15-36-8-10-39-28(4,16-36)7-9-38/h11-14,17,38H,5-10,15-16H2,1-4H3,(H,31,32,34,35)/t28-/m1/s1. The molecule has 1 fully saturated rings. The number of amidine groups is 1. The van der Waals surface area contributed by atoms with Crippen molar-refractivity contribution in [3.63, 3.8) is 0 Å². The summed E-state index contributed by atoms with van der Waals surface area (Å²) in [7, 11) is 0. The molecule has 0 aliphatic carbocycles. The normalized spacial score (nSPS) is 20.4. The molecule has 1 atom stereocenters. The van der Waals surface area contributed by atoms with Gasteiger partial charge in [-0.05, 0) is 51.8 Å². The molecule has 0 radical (unpaired) electrons. The second-order valence-electron chi connectivity index (χ2n) is 10.8. The maximum atomic E-state index is 15.0. The summed E-state index contributed by atoms with van der Waals surface area (Å²) >= 11 is 0. The maximum Gasteiger partial charge on any atom is 0.228 e. The molecule has 2 aliphatic rings. The quantitative estimate of drug-likeness (QED) is 0.452. The Morgan fingerprint density at radius 1 is 1.18 bits per heavy atom. The van der Waals surface area contributed by atoms with Gasteiger partial charge in [0.15, 0.2) is 11.6 Å². The SMILES string of the molecule is Cc1nc2c(F)cc(-c3nc(NC4=NC=C(CN5CCO[C@](C)(CCO)C5)CC4)ncc3F)cc2n1C(C)C. The van der Waals surface area contributed by atoms with Crippen molar-refractivity contribution in [2.45, 2.75) is 58.6 Å². The number of aliphatic imine (C=N–C) groups is 1. The van der Waals surface area contributed by atoms with Gasteiger partial charge in [0, 0.05) is 56.9 Å². The minimum Gasteiger partial charge on any atom is -0.396 e. The zero-order chi connectivity index (χ0) is 27.7. The van der Waals surface area contributed by atoms with E-state index in [1.165, 1.54) is 11.6 Å². The highest BCUT2D eigenvalue weighted by Crippen LogP contribution is 2.30. The van der Waals surface area contributed by atoms with E-state index in [2.05, 4.69) is 30.2 Å². The van der Waals surface area contributed by atoms with Crippen LogP contribution in [-0.4, -0.2) is 73.8 Å². The van der Waals surface area contributed by atoms with Crippen molar-refractivity contribution in [3.05, 3.63) is 47.6 Å². The number of nitrogens with one attached hydrogen (secondary N) is 1. The summed E-state index contributed by atoms with van der Waals surface area (Å²) in [4.78, 5) is 19.7. The first-order valence-electron chi connectivity index (χ1n) is 13.4. The largest absolute Gasteiger partial charge is 0.396 e. The maximum absolute atomic E-state index is 15.0. The van der Waals surface area contributed by atoms with Crippen molar-refractivity contribution < 1.29 is 18.6 Å². The van der Waals surface area contributed by atoms with Crippen molar-refractivity contribution in [2.24, 2.45) is 4.99 Å². The number of ether oxygens (including phenoxy) is 1. The van der Waals surface area contributed by atoms with E-state index >= 15 is 0 Å². The predicted octanol–water partition coefficient (Wildman–Crippen LogP) is 4.62. The Labute approximate surface area is 226 Å². The van der Waals surface area contributed by atoms with Crippen molar-refractivity contribution in [2.75, 3.05) is 38.2 Å². The van der Waals surface area contributed by atoms with Gasteiger partial charge in [-0.3, -0.25) is 4.90 Å². The lowest BCUT2D eigenvalue weighted by Crippen LogP contribution is -2.51. The van der Waals surface area contributed by atoms with E-state index in [-0.39, 0.29) is 35.4 Å². The minimum atomic E-state index is -0.641. The molecular formula is C28H35F2N7O2. The third kappa shape index (κ3) is 5.85. The molecule has 4 heterocycles. The monoisotopic (exact) mass is 539 g/mol. The van der Waals surface area contributed by atoms with E-state index in [9.17, 15) is 13.9 Å². The molecule has 9 nitrogen and oxygen atoms in total. The number of anilines is 1. The third-order valence-electron chi connectivity index (χ3n) is 7.28. The zero-order valence-corrected chi connectivity index (χ0v) is 22.8. The molecule has 1 saturated heterocycles. The highest BCUT2D eigenvalue weighted by atomic mass is 19.1. The molecule has 3 aromatic rings. The van der Waals surface area contributed by atoms with Crippen LogP contribution in [0.2, 0.25) is 0 Å². The average molecular weight is 540 g/mol. The number of benzene rings is 1. The number of hydrogen-bond donors (Lipinski definition) is 2. The molecule has 2 aliphatic heterocycles. The molecule has 39 heavy (non-hydrogen) atoms. The molecule has 0 amide bonds. The van der Waals surface area contributed by atoms with E-state index in [4.69, 9.17) is 4.74 Å². The Kier molecular flexibility index (Phi) is 7.75. The van der Waals surface area contributed by atoms with Crippen LogP contribution in [0.5, 0.6) is 0 Å². The van der Waals surface area contributed by atoms with Crippen LogP contribution < -0.4 is 5.32 Å². The summed E-state index contributed by atoms with van der Waals surface area (Å²) in [5, 5.41) is 12.4. The number of imidazole rings is 1. The van der Waals surface area contributed by atoms with Gasteiger partial charge in [-0.2, -0.15) is 0 Å². The molecular weight excluding hydrogens is 504 g/mol. The van der Waals surface area contributed by atoms with Gasteiger partial charge in [0.1, 0.15) is 22.9 Å². The van der Waals surface area contributed by atoms with Crippen LogP contribution in [0.15, 0.2) is 35.1 Å². The van der Waals surface area contributed by atoms with Gasteiger partial charge in [-0.15, -0.1) is 0 Å². The van der Waals surface area contributed by atoms with Crippen molar-refractivity contribution in [1.82, 2.24) is 24.4 Å². The molecule has 1 aromatic carbocycles. The zero-order valence-electron chi connectivity index (χ0n) is 22.8. The number of aliphatic hydroxyl groups excluding tert-OH is 1. The number of nitrogens with zero attached hydrogens (tertiary/aromatic N) is 6. The van der Waals surface area contributed by atoms with Gasteiger partial charge in [0.05, 0.1) is 23.9 Å². The number of halogens is 2. The number of hydrogen-bond acceptors (Lipinski definition) is 8. The van der Waals surface area contributed by atoms with Gasteiger partial charge >= 0.3 is 0 Å². The number of morpholine rings is 1. The van der Waals surface area contributed by atoms with Crippen LogP contribution >= 0.6 is 0 Å². The predicted molar refractivity (Wildman–Crippen MR) is 147 cm³/mol. The molecule has 0 saturated carbocycles. The van der Waals surface area contributed by atoms with E-state index in [1.807, 2.05) is 38.5 Å². The van der Waals surface area contributed by atoms with Gasteiger partial charge in [-0.25, -0.2) is 28.7 Å². The molecule has 0 spiro atoms. The summed E-state index contributed by atoms with van der Waals surface area (Å²) in [6.07, 6.45) is 5.02. The minimum absolute atomic E-state index is 0.00773. The van der Waals surface area contributed by atoms with Gasteiger partial charge in [0.2, 0.25) is 5.95 Å². The number of fused-ring (bicyclic) bond motifs is 1. The lowest BCUT2D eigenvalue weighted by atomic mass is 9.99. The van der Waals surface area contributed by atoms with E-state index in [0.717, 1.165) is 32.3 Å². The number of aliphatic hydroxyl groups is 1. The number of aryl methyl sites for hydroxylation is 1. The topological polar surface area (TPSA) is 101 Å². The fourth-order valence-electron chi connectivity index (χ4n) is 5.44. The first-order valence-corrected chi connectivity index (χ1v) is 13.4. The lowest BCUT2D eigenvalue weighted by molar-refractivity contribution is -0.105. The highest BCUT2D eigenvalue weighted by Gasteiger charge is 2.32. The van der Waals surface area contributed by atoms with Gasteiger partial charge in [-0.1, -0.05) is 0 Å². The summed E-state index contributed by atoms with van der Waals surface area (Å²) in [6, 6.07) is 3.05. The Morgan fingerprint density at radius 2 is 2.00 bits per heavy atom. The first kappa shape index (κ1) is 27.3. The molecule has 0 bridgehead atoms. The van der Waals surface area contributed by atoms with Crippen LogP contribution in [-0.2, 0) is 4.74 Å². The van der Waals surface area contributed by atoms with Gasteiger partial charge < -0.3 is 19.7 Å². The van der Waals surface area contributed by atoms with E-state index in [0.29, 0.717) is 42.2 Å². The van der Waals surface area contributed by atoms with Crippen LogP contribution in [0.25, 0.3) is 22.3 Å². The number of rotatable bonds is 7. The molecule has 208 valence electrons. The summed E-state index contributed by atoms with van der Waals surface area (Å²) in [5.41, 5.74) is 2.04. The number of aromatic nitrogens is 4. The Balaban J connectivity index is 1.33. The second kappa shape index (κ2) is 11.1. The Hall–Kier alpha value is -3.28. The third-order valence-corrected chi connectivity index (χ3v) is 7.28. The molecule has 11 heteroatoms. The van der Waals surface area contributed by atoms with Gasteiger partial charge in [0.25, 0.3) is 0 Å². The van der Waals surface area contributed by atoms with Crippen molar-refractivity contribution in [3.8, 4) is 11.3 Å². The smallest absolute Gasteiger partial charge is 0.228 e. The summed E-state index contributed by atoms with van der Waals surface area (Å²) < 4.78 is 37.6. The lowest BCUT2D eigenvalue weighted by Gasteiger charge is -2.40. The van der Waals surface area contributed by atoms with Crippen molar-refractivity contribution >= 4 is 22.8 Å². The van der Waals surface area contributed by atoms with Crippen molar-refractivity contribution in [1.29, 1.82) is 0 Å². The fraction of sp³-hybridized carbons (Fsp3) is 0.500. The van der Waals surface area contributed by atoms with E-state index in [1.54, 1.807) is 6.07 Å². The highest BCUT2D eigenvalue weighted by molar-refractivity contribution is 5.95.